The Balaban J connectivity index is 1.29. The summed E-state index contributed by atoms with van der Waals surface area (Å²) in [6, 6.07) is 5.98. The fraction of sp³-hybridized carbons (Fsp3) is 0.471. The predicted molar refractivity (Wildman–Crippen MR) is 96.1 cm³/mol. The maximum absolute atomic E-state index is 12.4. The number of thioether (sulfide) groups is 1. The summed E-state index contributed by atoms with van der Waals surface area (Å²) >= 11 is 1.57. The van der Waals surface area contributed by atoms with Crippen molar-refractivity contribution in [1.82, 2.24) is 24.1 Å². The molecule has 2 aliphatic heterocycles. The van der Waals surface area contributed by atoms with Gasteiger partial charge in [0.25, 0.3) is 0 Å². The number of fused-ring (bicyclic) bond motifs is 1. The molecule has 0 saturated carbocycles. The first-order valence-electron chi connectivity index (χ1n) is 8.47. The summed E-state index contributed by atoms with van der Waals surface area (Å²) in [6.45, 7) is 4.11. The molecule has 0 unspecified atom stereocenters. The minimum Gasteiger partial charge on any atom is -0.339 e. The van der Waals surface area contributed by atoms with Crippen LogP contribution < -0.4 is 0 Å². The standard InChI is InChI=1S/C17H21N5O2S/c23-16(11-22-13-25-12-17(22)24)20-7-5-19(6-8-20)9-14-10-21-4-2-1-3-15(21)18-14/h1-4,10H,5-9,11-13H2. The van der Waals surface area contributed by atoms with Crippen LogP contribution in [0.1, 0.15) is 5.69 Å². The van der Waals surface area contributed by atoms with Gasteiger partial charge in [-0.2, -0.15) is 0 Å². The Bertz CT molecular complexity index is 751. The van der Waals surface area contributed by atoms with E-state index in [4.69, 9.17) is 0 Å². The summed E-state index contributed by atoms with van der Waals surface area (Å²) in [5.74, 6) is 1.27. The zero-order valence-corrected chi connectivity index (χ0v) is 14.8. The third-order valence-corrected chi connectivity index (χ3v) is 5.62. The summed E-state index contributed by atoms with van der Waals surface area (Å²) in [5, 5.41) is 0. The molecule has 2 fully saturated rings. The van der Waals surface area contributed by atoms with Gasteiger partial charge in [0.15, 0.2) is 0 Å². The van der Waals surface area contributed by atoms with Crippen LogP contribution in [0, 0.1) is 0 Å². The molecule has 4 heterocycles. The van der Waals surface area contributed by atoms with E-state index in [1.165, 1.54) is 0 Å². The van der Waals surface area contributed by atoms with Gasteiger partial charge in [-0.1, -0.05) is 6.07 Å². The summed E-state index contributed by atoms with van der Waals surface area (Å²) in [5.41, 5.74) is 2.00. The van der Waals surface area contributed by atoms with E-state index in [1.54, 1.807) is 16.7 Å². The van der Waals surface area contributed by atoms with Crippen LogP contribution in [0.25, 0.3) is 5.65 Å². The minimum atomic E-state index is 0.0585. The molecule has 8 heteroatoms. The molecule has 2 saturated heterocycles. The van der Waals surface area contributed by atoms with Gasteiger partial charge >= 0.3 is 0 Å². The van der Waals surface area contributed by atoms with Gasteiger partial charge < -0.3 is 14.2 Å². The van der Waals surface area contributed by atoms with E-state index in [9.17, 15) is 9.59 Å². The second kappa shape index (κ2) is 7.05. The molecule has 2 aromatic rings. The number of aromatic nitrogens is 2. The van der Waals surface area contributed by atoms with E-state index in [0.717, 1.165) is 31.0 Å². The van der Waals surface area contributed by atoms with E-state index >= 15 is 0 Å². The van der Waals surface area contributed by atoms with E-state index in [0.29, 0.717) is 24.7 Å². The van der Waals surface area contributed by atoms with Crippen molar-refractivity contribution in [2.75, 3.05) is 44.4 Å². The number of pyridine rings is 1. The number of piperazine rings is 1. The van der Waals surface area contributed by atoms with Crippen LogP contribution in [0.4, 0.5) is 0 Å². The number of hydrogen-bond acceptors (Lipinski definition) is 5. The molecular formula is C17H21N5O2S. The van der Waals surface area contributed by atoms with Crippen molar-refractivity contribution < 1.29 is 9.59 Å². The number of hydrogen-bond donors (Lipinski definition) is 0. The Kier molecular flexibility index (Phi) is 4.63. The fourth-order valence-corrected chi connectivity index (χ4v) is 4.16. The van der Waals surface area contributed by atoms with Crippen molar-refractivity contribution in [2.24, 2.45) is 0 Å². The van der Waals surface area contributed by atoms with Gasteiger partial charge in [0.2, 0.25) is 11.8 Å². The Morgan fingerprint density at radius 2 is 2.04 bits per heavy atom. The maximum Gasteiger partial charge on any atom is 0.242 e. The van der Waals surface area contributed by atoms with Crippen molar-refractivity contribution >= 4 is 29.2 Å². The highest BCUT2D eigenvalue weighted by Gasteiger charge is 2.27. The molecule has 0 N–H and O–H groups in total. The number of carbonyl (C=O) groups is 2. The molecule has 7 nitrogen and oxygen atoms in total. The lowest BCUT2D eigenvalue weighted by Crippen LogP contribution is -2.51. The summed E-state index contributed by atoms with van der Waals surface area (Å²) in [4.78, 5) is 34.5. The Hall–Kier alpha value is -2.06. The Labute approximate surface area is 150 Å². The van der Waals surface area contributed by atoms with Crippen LogP contribution in [-0.2, 0) is 16.1 Å². The van der Waals surface area contributed by atoms with Gasteiger partial charge in [-0.25, -0.2) is 4.98 Å². The van der Waals surface area contributed by atoms with Gasteiger partial charge in [-0.3, -0.25) is 14.5 Å². The summed E-state index contributed by atoms with van der Waals surface area (Å²) in [7, 11) is 0. The summed E-state index contributed by atoms with van der Waals surface area (Å²) in [6.07, 6.45) is 4.06. The molecule has 0 bridgehead atoms. The van der Waals surface area contributed by atoms with E-state index in [1.807, 2.05) is 33.7 Å². The molecule has 0 atom stereocenters. The highest BCUT2D eigenvalue weighted by atomic mass is 32.2. The van der Waals surface area contributed by atoms with Crippen molar-refractivity contribution in [3.63, 3.8) is 0 Å². The van der Waals surface area contributed by atoms with E-state index in [-0.39, 0.29) is 18.4 Å². The molecule has 0 aromatic carbocycles. The normalized spacial score (nSPS) is 19.1. The lowest BCUT2D eigenvalue weighted by molar-refractivity contribution is -0.139. The van der Waals surface area contributed by atoms with Crippen LogP contribution in [0.3, 0.4) is 0 Å². The van der Waals surface area contributed by atoms with Gasteiger partial charge in [-0.15, -0.1) is 11.8 Å². The number of amides is 2. The first-order valence-corrected chi connectivity index (χ1v) is 9.63. The highest BCUT2D eigenvalue weighted by molar-refractivity contribution is 8.00. The molecule has 0 spiro atoms. The summed E-state index contributed by atoms with van der Waals surface area (Å²) < 4.78 is 2.03. The topological polar surface area (TPSA) is 61.2 Å². The average Bonchev–Trinajstić information content (AvgIpc) is 3.21. The van der Waals surface area contributed by atoms with E-state index in [2.05, 4.69) is 16.1 Å². The van der Waals surface area contributed by atoms with Crippen molar-refractivity contribution in [3.8, 4) is 0 Å². The average molecular weight is 359 g/mol. The number of nitrogens with zero attached hydrogens (tertiary/aromatic N) is 5. The molecule has 2 aromatic heterocycles. The fourth-order valence-electron chi connectivity index (χ4n) is 3.25. The Morgan fingerprint density at radius 3 is 2.76 bits per heavy atom. The first-order chi connectivity index (χ1) is 12.2. The lowest BCUT2D eigenvalue weighted by Gasteiger charge is -2.35. The third kappa shape index (κ3) is 3.64. The van der Waals surface area contributed by atoms with Crippen molar-refractivity contribution in [1.29, 1.82) is 0 Å². The van der Waals surface area contributed by atoms with Crippen LogP contribution >= 0.6 is 11.8 Å². The van der Waals surface area contributed by atoms with Crippen LogP contribution in [0.2, 0.25) is 0 Å². The smallest absolute Gasteiger partial charge is 0.242 e. The highest BCUT2D eigenvalue weighted by Crippen LogP contribution is 2.15. The van der Waals surface area contributed by atoms with Crippen molar-refractivity contribution in [2.45, 2.75) is 6.54 Å². The Morgan fingerprint density at radius 1 is 1.20 bits per heavy atom. The first kappa shape index (κ1) is 16.4. The molecular weight excluding hydrogens is 338 g/mol. The van der Waals surface area contributed by atoms with E-state index < -0.39 is 0 Å². The van der Waals surface area contributed by atoms with Crippen LogP contribution in [0.5, 0.6) is 0 Å². The monoisotopic (exact) mass is 359 g/mol. The van der Waals surface area contributed by atoms with Crippen LogP contribution in [0.15, 0.2) is 30.6 Å². The lowest BCUT2D eigenvalue weighted by atomic mass is 10.3. The molecule has 0 aliphatic carbocycles. The maximum atomic E-state index is 12.4. The molecule has 2 aliphatic rings. The zero-order chi connectivity index (χ0) is 17.2. The van der Waals surface area contributed by atoms with Crippen LogP contribution in [-0.4, -0.2) is 80.3 Å². The molecule has 4 rings (SSSR count). The third-order valence-electron chi connectivity index (χ3n) is 4.68. The SMILES string of the molecule is O=C(CN1CSCC1=O)N1CCN(Cc2cn3ccccc3n2)CC1. The largest absolute Gasteiger partial charge is 0.339 e. The van der Waals surface area contributed by atoms with Gasteiger partial charge in [0, 0.05) is 45.1 Å². The minimum absolute atomic E-state index is 0.0585. The number of rotatable bonds is 4. The van der Waals surface area contributed by atoms with Gasteiger partial charge in [-0.05, 0) is 12.1 Å². The molecule has 0 radical (unpaired) electrons. The zero-order valence-electron chi connectivity index (χ0n) is 14.0. The second-order valence-electron chi connectivity index (χ2n) is 6.42. The van der Waals surface area contributed by atoms with Gasteiger partial charge in [0.1, 0.15) is 12.2 Å². The number of carbonyl (C=O) groups excluding carboxylic acids is 2. The predicted octanol–water partition coefficient (Wildman–Crippen LogP) is 0.511. The number of imidazole rings is 1. The molecule has 132 valence electrons. The second-order valence-corrected chi connectivity index (χ2v) is 7.38. The quantitative estimate of drug-likeness (QED) is 0.796. The molecule has 2 amide bonds. The molecule has 25 heavy (non-hydrogen) atoms. The van der Waals surface area contributed by atoms with Gasteiger partial charge in [0.05, 0.1) is 17.3 Å². The van der Waals surface area contributed by atoms with Crippen molar-refractivity contribution in [3.05, 3.63) is 36.3 Å².